The highest BCUT2D eigenvalue weighted by molar-refractivity contribution is 5.91. The summed E-state index contributed by atoms with van der Waals surface area (Å²) in [5.74, 6) is 0.467. The molecule has 0 fully saturated rings. The van der Waals surface area contributed by atoms with Crippen LogP contribution in [0.1, 0.15) is 16.7 Å². The van der Waals surface area contributed by atoms with Crippen LogP contribution in [0, 0.1) is 5.82 Å². The van der Waals surface area contributed by atoms with E-state index in [-0.39, 0.29) is 11.7 Å². The smallest absolute Gasteiger partial charge is 0.244 e. The van der Waals surface area contributed by atoms with Crippen LogP contribution < -0.4 is 10.1 Å². The second kappa shape index (κ2) is 6.43. The van der Waals surface area contributed by atoms with Gasteiger partial charge in [0.05, 0.1) is 6.61 Å². The molecule has 0 radical (unpaired) electrons. The molecule has 4 heteroatoms. The zero-order valence-electron chi connectivity index (χ0n) is 12.0. The van der Waals surface area contributed by atoms with Gasteiger partial charge < -0.3 is 10.1 Å². The van der Waals surface area contributed by atoms with E-state index in [1.54, 1.807) is 18.2 Å². The minimum atomic E-state index is -0.282. The van der Waals surface area contributed by atoms with E-state index >= 15 is 0 Å². The Hall–Kier alpha value is -2.62. The van der Waals surface area contributed by atoms with Crippen molar-refractivity contribution in [1.29, 1.82) is 0 Å². The van der Waals surface area contributed by atoms with Gasteiger partial charge in [-0.05, 0) is 47.0 Å². The quantitative estimate of drug-likeness (QED) is 0.881. The number of fused-ring (bicyclic) bond motifs is 1. The van der Waals surface area contributed by atoms with Gasteiger partial charge in [-0.1, -0.05) is 18.2 Å². The van der Waals surface area contributed by atoms with Gasteiger partial charge in [-0.25, -0.2) is 4.39 Å². The Kier molecular flexibility index (Phi) is 4.19. The average molecular weight is 297 g/mol. The van der Waals surface area contributed by atoms with Crippen molar-refractivity contribution in [2.45, 2.75) is 13.0 Å². The molecule has 0 bridgehead atoms. The zero-order valence-corrected chi connectivity index (χ0v) is 12.0. The lowest BCUT2D eigenvalue weighted by Crippen LogP contribution is -2.20. The first kappa shape index (κ1) is 14.3. The van der Waals surface area contributed by atoms with Gasteiger partial charge in [-0.15, -0.1) is 0 Å². The van der Waals surface area contributed by atoms with Crippen LogP contribution in [0.15, 0.2) is 48.5 Å². The first-order valence-electron chi connectivity index (χ1n) is 7.17. The number of ether oxygens (including phenoxy) is 1. The Morgan fingerprint density at radius 2 is 2.05 bits per heavy atom. The summed E-state index contributed by atoms with van der Waals surface area (Å²) in [5, 5.41) is 2.77. The molecule has 0 saturated carbocycles. The van der Waals surface area contributed by atoms with Gasteiger partial charge >= 0.3 is 0 Å². The topological polar surface area (TPSA) is 38.3 Å². The third kappa shape index (κ3) is 3.52. The number of benzene rings is 2. The van der Waals surface area contributed by atoms with E-state index in [4.69, 9.17) is 4.74 Å². The van der Waals surface area contributed by atoms with E-state index < -0.39 is 0 Å². The van der Waals surface area contributed by atoms with Crippen LogP contribution in [0.4, 0.5) is 4.39 Å². The van der Waals surface area contributed by atoms with Crippen molar-refractivity contribution in [3.8, 4) is 5.75 Å². The first-order chi connectivity index (χ1) is 10.7. The average Bonchev–Trinajstić information content (AvgIpc) is 3.00. The van der Waals surface area contributed by atoms with Crippen molar-refractivity contribution < 1.29 is 13.9 Å². The fourth-order valence-corrected chi connectivity index (χ4v) is 2.33. The maximum atomic E-state index is 12.8. The zero-order chi connectivity index (χ0) is 15.4. The summed E-state index contributed by atoms with van der Waals surface area (Å²) in [6.45, 7) is 1.10. The molecule has 2 aromatic carbocycles. The molecule has 112 valence electrons. The molecule has 22 heavy (non-hydrogen) atoms. The Labute approximate surface area is 128 Å². The fourth-order valence-electron chi connectivity index (χ4n) is 2.33. The van der Waals surface area contributed by atoms with Crippen molar-refractivity contribution in [2.75, 3.05) is 6.61 Å². The molecular weight excluding hydrogens is 281 g/mol. The molecule has 0 unspecified atom stereocenters. The van der Waals surface area contributed by atoms with Crippen LogP contribution in [0.3, 0.4) is 0 Å². The maximum Gasteiger partial charge on any atom is 0.244 e. The summed E-state index contributed by atoms with van der Waals surface area (Å²) in [6, 6.07) is 12.0. The second-order valence-corrected chi connectivity index (χ2v) is 5.14. The summed E-state index contributed by atoms with van der Waals surface area (Å²) >= 11 is 0. The molecule has 1 heterocycles. The minimum absolute atomic E-state index is 0.180. The van der Waals surface area contributed by atoms with Gasteiger partial charge in [0.2, 0.25) is 5.91 Å². The number of rotatable bonds is 4. The molecule has 3 rings (SSSR count). The van der Waals surface area contributed by atoms with Crippen molar-refractivity contribution in [3.63, 3.8) is 0 Å². The lowest BCUT2D eigenvalue weighted by atomic mass is 10.1. The van der Waals surface area contributed by atoms with E-state index in [1.807, 2.05) is 18.2 Å². The van der Waals surface area contributed by atoms with Crippen molar-refractivity contribution in [3.05, 3.63) is 71.0 Å². The van der Waals surface area contributed by atoms with E-state index in [9.17, 15) is 9.18 Å². The number of nitrogens with one attached hydrogen (secondary N) is 1. The molecule has 1 amide bonds. The molecular formula is C18H16FNO2. The third-order valence-corrected chi connectivity index (χ3v) is 3.52. The monoisotopic (exact) mass is 297 g/mol. The Morgan fingerprint density at radius 1 is 1.23 bits per heavy atom. The lowest BCUT2D eigenvalue weighted by Gasteiger charge is -2.03. The van der Waals surface area contributed by atoms with Gasteiger partial charge in [-0.2, -0.15) is 0 Å². The highest BCUT2D eigenvalue weighted by Gasteiger charge is 2.11. The molecule has 1 N–H and O–H groups in total. The number of carbonyl (C=O) groups excluding carboxylic acids is 1. The fraction of sp³-hybridized carbons (Fsp3) is 0.167. The summed E-state index contributed by atoms with van der Waals surface area (Å²) in [5.41, 5.74) is 3.01. The summed E-state index contributed by atoms with van der Waals surface area (Å²) in [4.78, 5) is 11.8. The first-order valence-corrected chi connectivity index (χ1v) is 7.17. The van der Waals surface area contributed by atoms with E-state index in [2.05, 4.69) is 5.32 Å². The molecule has 0 atom stereocenters. The normalized spacial score (nSPS) is 13.0. The highest BCUT2D eigenvalue weighted by atomic mass is 19.1. The number of halogens is 1. The van der Waals surface area contributed by atoms with Crippen LogP contribution in [-0.2, 0) is 17.8 Å². The lowest BCUT2D eigenvalue weighted by molar-refractivity contribution is -0.116. The molecule has 0 saturated heterocycles. The maximum absolute atomic E-state index is 12.8. The van der Waals surface area contributed by atoms with E-state index in [0.717, 1.165) is 29.9 Å². The molecule has 0 aromatic heterocycles. The standard InChI is InChI=1S/C18H16FNO2/c19-16-5-1-14(2-6-16)12-20-18(21)8-4-13-3-7-17-15(11-13)9-10-22-17/h1-8,11H,9-10,12H2,(H,20,21)/b8-4+. The number of hydrogen-bond donors (Lipinski definition) is 1. The van der Waals surface area contributed by atoms with E-state index in [0.29, 0.717) is 6.54 Å². The highest BCUT2D eigenvalue weighted by Crippen LogP contribution is 2.26. The molecule has 1 aliphatic heterocycles. The van der Waals surface area contributed by atoms with Crippen LogP contribution in [0.2, 0.25) is 0 Å². The van der Waals surface area contributed by atoms with Crippen molar-refractivity contribution in [2.24, 2.45) is 0 Å². The van der Waals surface area contributed by atoms with Crippen LogP contribution in [0.25, 0.3) is 6.08 Å². The molecule has 0 spiro atoms. The molecule has 2 aromatic rings. The van der Waals surface area contributed by atoms with Crippen LogP contribution in [-0.4, -0.2) is 12.5 Å². The summed E-state index contributed by atoms with van der Waals surface area (Å²) < 4.78 is 18.2. The van der Waals surface area contributed by atoms with E-state index in [1.165, 1.54) is 23.8 Å². The molecule has 1 aliphatic rings. The van der Waals surface area contributed by atoms with Crippen LogP contribution >= 0.6 is 0 Å². The molecule has 3 nitrogen and oxygen atoms in total. The SMILES string of the molecule is O=C(/C=C/c1ccc2c(c1)CCO2)NCc1ccc(F)cc1. The second-order valence-electron chi connectivity index (χ2n) is 5.14. The number of hydrogen-bond acceptors (Lipinski definition) is 2. The Morgan fingerprint density at radius 3 is 2.86 bits per heavy atom. The van der Waals surface area contributed by atoms with Crippen molar-refractivity contribution in [1.82, 2.24) is 5.32 Å². The van der Waals surface area contributed by atoms with Gasteiger partial charge in [0, 0.05) is 19.0 Å². The van der Waals surface area contributed by atoms with Crippen LogP contribution in [0.5, 0.6) is 5.75 Å². The third-order valence-electron chi connectivity index (χ3n) is 3.52. The largest absolute Gasteiger partial charge is 0.493 e. The predicted octanol–water partition coefficient (Wildman–Crippen LogP) is 3.09. The van der Waals surface area contributed by atoms with Gasteiger partial charge in [0.15, 0.2) is 0 Å². The van der Waals surface area contributed by atoms with Gasteiger partial charge in [-0.3, -0.25) is 4.79 Å². The number of carbonyl (C=O) groups is 1. The van der Waals surface area contributed by atoms with Gasteiger partial charge in [0.1, 0.15) is 11.6 Å². The minimum Gasteiger partial charge on any atom is -0.493 e. The summed E-state index contributed by atoms with van der Waals surface area (Å²) in [6.07, 6.45) is 4.19. The van der Waals surface area contributed by atoms with Crippen molar-refractivity contribution >= 4 is 12.0 Å². The number of amides is 1. The Balaban J connectivity index is 1.56. The predicted molar refractivity (Wildman–Crippen MR) is 82.9 cm³/mol. The molecule has 0 aliphatic carbocycles. The Bertz CT molecular complexity index is 708. The summed E-state index contributed by atoms with van der Waals surface area (Å²) in [7, 11) is 0. The van der Waals surface area contributed by atoms with Gasteiger partial charge in [0.25, 0.3) is 0 Å².